The van der Waals surface area contributed by atoms with Gasteiger partial charge in [-0.1, -0.05) is 48.5 Å². The molecule has 0 saturated heterocycles. The fraction of sp³-hybridized carbons (Fsp3) is 0.278. The van der Waals surface area contributed by atoms with E-state index in [1.165, 1.54) is 0 Å². The lowest BCUT2D eigenvalue weighted by molar-refractivity contribution is -0.121. The zero-order chi connectivity index (χ0) is 14.9. The summed E-state index contributed by atoms with van der Waals surface area (Å²) >= 11 is 0. The molecule has 0 heterocycles. The summed E-state index contributed by atoms with van der Waals surface area (Å²) in [6.45, 7) is 4.34. The molecule has 2 aromatic carbocycles. The second kappa shape index (κ2) is 8.10. The van der Waals surface area contributed by atoms with Gasteiger partial charge in [0.25, 0.3) is 0 Å². The monoisotopic (exact) mass is 282 g/mol. The van der Waals surface area contributed by atoms with Crippen molar-refractivity contribution in [2.45, 2.75) is 19.9 Å². The number of carbonyl (C=O) groups is 1. The van der Waals surface area contributed by atoms with Gasteiger partial charge >= 0.3 is 0 Å². The van der Waals surface area contributed by atoms with Gasteiger partial charge in [-0.3, -0.25) is 4.79 Å². The minimum Gasteiger partial charge on any atom is -0.371 e. The highest BCUT2D eigenvalue weighted by Crippen LogP contribution is 2.12. The van der Waals surface area contributed by atoms with Crippen molar-refractivity contribution in [1.29, 1.82) is 0 Å². The summed E-state index contributed by atoms with van der Waals surface area (Å²) in [7, 11) is 0. The minimum atomic E-state index is 0.0910. The zero-order valence-corrected chi connectivity index (χ0v) is 12.5. The number of hydrogen-bond donors (Lipinski definition) is 1. The van der Waals surface area contributed by atoms with Gasteiger partial charge in [0.05, 0.1) is 0 Å². The van der Waals surface area contributed by atoms with Crippen molar-refractivity contribution in [1.82, 2.24) is 5.32 Å². The van der Waals surface area contributed by atoms with Crippen molar-refractivity contribution in [3.8, 4) is 0 Å². The number of amides is 1. The molecule has 0 saturated carbocycles. The molecule has 1 N–H and O–H groups in total. The van der Waals surface area contributed by atoms with Crippen LogP contribution in [0.25, 0.3) is 0 Å². The second-order valence-corrected chi connectivity index (χ2v) is 4.93. The van der Waals surface area contributed by atoms with Crippen LogP contribution < -0.4 is 10.2 Å². The molecule has 0 atom stereocenters. The minimum absolute atomic E-state index is 0.0910. The van der Waals surface area contributed by atoms with Crippen LogP contribution in [-0.2, 0) is 11.3 Å². The molecule has 1 amide bonds. The quantitative estimate of drug-likeness (QED) is 0.845. The Kier molecular flexibility index (Phi) is 5.83. The van der Waals surface area contributed by atoms with Crippen LogP contribution in [0, 0.1) is 0 Å². The third kappa shape index (κ3) is 4.95. The van der Waals surface area contributed by atoms with Crippen molar-refractivity contribution in [2.24, 2.45) is 0 Å². The largest absolute Gasteiger partial charge is 0.371 e. The van der Waals surface area contributed by atoms with E-state index < -0.39 is 0 Å². The predicted octanol–water partition coefficient (Wildman–Crippen LogP) is 3.22. The predicted molar refractivity (Wildman–Crippen MR) is 87.2 cm³/mol. The fourth-order valence-corrected chi connectivity index (χ4v) is 2.23. The third-order valence-electron chi connectivity index (χ3n) is 3.44. The van der Waals surface area contributed by atoms with Crippen molar-refractivity contribution in [3.05, 3.63) is 66.2 Å². The van der Waals surface area contributed by atoms with Gasteiger partial charge in [0, 0.05) is 31.7 Å². The van der Waals surface area contributed by atoms with Crippen LogP contribution in [0.3, 0.4) is 0 Å². The van der Waals surface area contributed by atoms with Gasteiger partial charge in [0.1, 0.15) is 0 Å². The highest BCUT2D eigenvalue weighted by Gasteiger charge is 2.07. The Bertz CT molecular complexity index is 540. The maximum atomic E-state index is 11.9. The average molecular weight is 282 g/mol. The average Bonchev–Trinajstić information content (AvgIpc) is 2.55. The third-order valence-corrected chi connectivity index (χ3v) is 3.44. The molecule has 2 aromatic rings. The topological polar surface area (TPSA) is 32.3 Å². The molecule has 0 radical (unpaired) electrons. The number of hydrogen-bond acceptors (Lipinski definition) is 2. The smallest absolute Gasteiger partial charge is 0.222 e. The number of carbonyl (C=O) groups excluding carboxylic acids is 1. The van der Waals surface area contributed by atoms with Crippen molar-refractivity contribution in [2.75, 3.05) is 18.0 Å². The van der Waals surface area contributed by atoms with Crippen LogP contribution in [0.2, 0.25) is 0 Å². The normalized spacial score (nSPS) is 10.1. The lowest BCUT2D eigenvalue weighted by Crippen LogP contribution is -2.30. The van der Waals surface area contributed by atoms with Gasteiger partial charge in [-0.2, -0.15) is 0 Å². The summed E-state index contributed by atoms with van der Waals surface area (Å²) in [5, 5.41) is 2.96. The molecule has 0 aliphatic heterocycles. The molecule has 2 rings (SSSR count). The second-order valence-electron chi connectivity index (χ2n) is 4.93. The number of rotatable bonds is 7. The van der Waals surface area contributed by atoms with Crippen molar-refractivity contribution >= 4 is 11.6 Å². The van der Waals surface area contributed by atoms with E-state index in [1.54, 1.807) is 0 Å². The van der Waals surface area contributed by atoms with E-state index in [0.29, 0.717) is 13.0 Å². The molecule has 110 valence electrons. The zero-order valence-electron chi connectivity index (χ0n) is 12.5. The maximum Gasteiger partial charge on any atom is 0.222 e. The molecule has 0 bridgehead atoms. The van der Waals surface area contributed by atoms with E-state index in [-0.39, 0.29) is 5.91 Å². The Morgan fingerprint density at radius 1 is 1.00 bits per heavy atom. The summed E-state index contributed by atoms with van der Waals surface area (Å²) in [5.41, 5.74) is 2.29. The Morgan fingerprint density at radius 2 is 1.62 bits per heavy atom. The van der Waals surface area contributed by atoms with Crippen LogP contribution in [0.1, 0.15) is 18.9 Å². The number of benzene rings is 2. The molecule has 0 aromatic heterocycles. The number of para-hydroxylation sites is 1. The number of nitrogens with zero attached hydrogens (tertiary/aromatic N) is 1. The molecular weight excluding hydrogens is 260 g/mol. The summed E-state index contributed by atoms with van der Waals surface area (Å²) in [5.74, 6) is 0.0910. The molecule has 3 nitrogen and oxygen atoms in total. The van der Waals surface area contributed by atoms with Crippen LogP contribution in [-0.4, -0.2) is 19.0 Å². The molecule has 0 aliphatic rings. The summed E-state index contributed by atoms with van der Waals surface area (Å²) in [6.07, 6.45) is 0.509. The Morgan fingerprint density at radius 3 is 2.24 bits per heavy atom. The molecular formula is C18H22N2O. The van der Waals surface area contributed by atoms with Crippen molar-refractivity contribution in [3.63, 3.8) is 0 Å². The van der Waals surface area contributed by atoms with Gasteiger partial charge in [-0.15, -0.1) is 0 Å². The summed E-state index contributed by atoms with van der Waals surface area (Å²) < 4.78 is 0. The standard InChI is InChI=1S/C18H22N2O/c1-2-20(17-11-7-4-8-12-17)14-13-18(21)19-15-16-9-5-3-6-10-16/h3-12H,2,13-15H2,1H3,(H,19,21). The molecule has 0 fully saturated rings. The van der Waals surface area contributed by atoms with Crippen LogP contribution >= 0.6 is 0 Å². The Hall–Kier alpha value is -2.29. The first-order valence-corrected chi connectivity index (χ1v) is 7.40. The van der Waals surface area contributed by atoms with Gasteiger partial charge in [-0.05, 0) is 24.6 Å². The Labute approximate surface area is 126 Å². The maximum absolute atomic E-state index is 11.9. The highest BCUT2D eigenvalue weighted by molar-refractivity contribution is 5.76. The SMILES string of the molecule is CCN(CCC(=O)NCc1ccccc1)c1ccccc1. The van der Waals surface area contributed by atoms with E-state index in [2.05, 4.69) is 29.3 Å². The molecule has 0 spiro atoms. The van der Waals surface area contributed by atoms with E-state index in [9.17, 15) is 4.79 Å². The van der Waals surface area contributed by atoms with Gasteiger partial charge < -0.3 is 10.2 Å². The first-order valence-electron chi connectivity index (χ1n) is 7.40. The van der Waals surface area contributed by atoms with Crippen LogP contribution in [0.4, 0.5) is 5.69 Å². The summed E-state index contributed by atoms with van der Waals surface area (Å²) in [6, 6.07) is 20.2. The van der Waals surface area contributed by atoms with Gasteiger partial charge in [0.15, 0.2) is 0 Å². The molecule has 3 heteroatoms. The van der Waals surface area contributed by atoms with Gasteiger partial charge in [-0.25, -0.2) is 0 Å². The molecule has 0 aliphatic carbocycles. The molecule has 0 unspecified atom stereocenters. The van der Waals surface area contributed by atoms with E-state index in [4.69, 9.17) is 0 Å². The first-order chi connectivity index (χ1) is 10.3. The highest BCUT2D eigenvalue weighted by atomic mass is 16.1. The van der Waals surface area contributed by atoms with E-state index in [1.807, 2.05) is 48.5 Å². The summed E-state index contributed by atoms with van der Waals surface area (Å²) in [4.78, 5) is 14.1. The van der Waals surface area contributed by atoms with Crippen LogP contribution in [0.15, 0.2) is 60.7 Å². The lowest BCUT2D eigenvalue weighted by Gasteiger charge is -2.22. The van der Waals surface area contributed by atoms with E-state index in [0.717, 1.165) is 24.3 Å². The fourth-order valence-electron chi connectivity index (χ4n) is 2.23. The number of anilines is 1. The van der Waals surface area contributed by atoms with Crippen molar-refractivity contribution < 1.29 is 4.79 Å². The van der Waals surface area contributed by atoms with Gasteiger partial charge in [0.2, 0.25) is 5.91 Å². The van der Waals surface area contributed by atoms with Crippen LogP contribution in [0.5, 0.6) is 0 Å². The Balaban J connectivity index is 1.77. The van der Waals surface area contributed by atoms with E-state index >= 15 is 0 Å². The molecule has 21 heavy (non-hydrogen) atoms. The first kappa shape index (κ1) is 15.1. The lowest BCUT2D eigenvalue weighted by atomic mass is 10.2. The number of nitrogens with one attached hydrogen (secondary N) is 1.